The second kappa shape index (κ2) is 4.97. The lowest BCUT2D eigenvalue weighted by atomic mass is 9.79. The molecule has 1 fully saturated rings. The minimum atomic E-state index is -5.40. The van der Waals surface area contributed by atoms with E-state index < -0.39 is 38.6 Å². The lowest BCUT2D eigenvalue weighted by Gasteiger charge is -2.32. The summed E-state index contributed by atoms with van der Waals surface area (Å²) in [7, 11) is -6.32. The van der Waals surface area contributed by atoms with Crippen LogP contribution in [0.25, 0.3) is 0 Å². The monoisotopic (exact) mass is 336 g/mol. The van der Waals surface area contributed by atoms with Gasteiger partial charge in [-0.05, 0) is 45.3 Å². The number of alkyl halides is 3. The van der Waals surface area contributed by atoms with Gasteiger partial charge in [0, 0.05) is 0 Å². The Kier molecular flexibility index (Phi) is 3.91. The Bertz CT molecular complexity index is 667. The fourth-order valence-electron chi connectivity index (χ4n) is 1.94. The maximum Gasteiger partial charge on any atom is 0.501 e. The largest absolute Gasteiger partial charge is 0.501 e. The molecule has 0 radical (unpaired) electrons. The summed E-state index contributed by atoms with van der Waals surface area (Å²) in [4.78, 5) is -0.827. The minimum Gasteiger partial charge on any atom is -0.399 e. The summed E-state index contributed by atoms with van der Waals surface area (Å²) in [5.74, 6) is 0. The molecule has 4 nitrogen and oxygen atoms in total. The molecule has 1 aromatic rings. The number of rotatable bonds is 2. The molecule has 0 saturated carbocycles. The molecule has 0 spiro atoms. The summed E-state index contributed by atoms with van der Waals surface area (Å²) in [6.45, 7) is 7.18. The molecule has 1 aliphatic heterocycles. The average molecular weight is 336 g/mol. The Hall–Kier alpha value is -1.06. The van der Waals surface area contributed by atoms with Crippen LogP contribution in [0.5, 0.6) is 0 Å². The lowest BCUT2D eigenvalue weighted by Crippen LogP contribution is -2.41. The summed E-state index contributed by atoms with van der Waals surface area (Å²) in [5, 5.41) is 0. The third-order valence-electron chi connectivity index (χ3n) is 4.00. The zero-order chi connectivity index (χ0) is 17.0. The third-order valence-corrected chi connectivity index (χ3v) is 5.48. The van der Waals surface area contributed by atoms with Gasteiger partial charge in [0.25, 0.3) is 9.84 Å². The first kappa shape index (κ1) is 17.3. The van der Waals surface area contributed by atoms with E-state index in [1.165, 1.54) is 12.1 Å². The Labute approximate surface area is 127 Å². The van der Waals surface area contributed by atoms with E-state index in [0.717, 1.165) is 12.1 Å². The average Bonchev–Trinajstić information content (AvgIpc) is 2.57. The maximum absolute atomic E-state index is 12.6. The molecule has 1 heterocycles. The second-order valence-electron chi connectivity index (χ2n) is 6.11. The van der Waals surface area contributed by atoms with Crippen LogP contribution in [0.3, 0.4) is 0 Å². The molecular weight excluding hydrogens is 320 g/mol. The first-order valence-corrected chi connectivity index (χ1v) is 8.03. The molecule has 9 heteroatoms. The molecule has 0 aliphatic carbocycles. The van der Waals surface area contributed by atoms with Gasteiger partial charge in [0.15, 0.2) is 0 Å². The van der Waals surface area contributed by atoms with Crippen LogP contribution in [0.4, 0.5) is 13.2 Å². The molecule has 0 aromatic heterocycles. The first-order valence-electron chi connectivity index (χ1n) is 6.55. The molecule has 0 bridgehead atoms. The molecule has 0 N–H and O–H groups in total. The number of sulfone groups is 1. The van der Waals surface area contributed by atoms with E-state index in [2.05, 4.69) is 0 Å². The summed E-state index contributed by atoms with van der Waals surface area (Å²) < 4.78 is 72.2. The van der Waals surface area contributed by atoms with E-state index in [0.29, 0.717) is 0 Å². The van der Waals surface area contributed by atoms with E-state index in [1.54, 1.807) is 27.7 Å². The Morgan fingerprint density at radius 3 is 2.00 bits per heavy atom. The first-order chi connectivity index (χ1) is 9.78. The fourth-order valence-corrected chi connectivity index (χ4v) is 2.76. The normalized spacial score (nSPS) is 21.1. The molecule has 122 valence electrons. The molecule has 0 amide bonds. The highest BCUT2D eigenvalue weighted by molar-refractivity contribution is 7.92. The van der Waals surface area contributed by atoms with E-state index in [9.17, 15) is 21.6 Å². The van der Waals surface area contributed by atoms with Crippen molar-refractivity contribution < 1.29 is 30.9 Å². The van der Waals surface area contributed by atoms with Crippen molar-refractivity contribution >= 4 is 22.4 Å². The highest BCUT2D eigenvalue weighted by Crippen LogP contribution is 2.37. The number of halogens is 3. The molecule has 1 saturated heterocycles. The Balaban J connectivity index is 2.40. The molecule has 1 aromatic carbocycles. The van der Waals surface area contributed by atoms with Crippen LogP contribution in [0.15, 0.2) is 29.2 Å². The number of hydrogen-bond acceptors (Lipinski definition) is 4. The van der Waals surface area contributed by atoms with Crippen molar-refractivity contribution in [1.29, 1.82) is 0 Å². The van der Waals surface area contributed by atoms with Gasteiger partial charge in [0.2, 0.25) is 0 Å². The van der Waals surface area contributed by atoms with E-state index >= 15 is 0 Å². The lowest BCUT2D eigenvalue weighted by molar-refractivity contribution is -0.0436. The van der Waals surface area contributed by atoms with Crippen LogP contribution in [0.1, 0.15) is 27.7 Å². The molecule has 2 rings (SSSR count). The van der Waals surface area contributed by atoms with Gasteiger partial charge in [-0.25, -0.2) is 8.42 Å². The quantitative estimate of drug-likeness (QED) is 0.778. The molecule has 0 atom stereocenters. The van der Waals surface area contributed by atoms with E-state index in [-0.39, 0.29) is 5.46 Å². The van der Waals surface area contributed by atoms with E-state index in [4.69, 9.17) is 9.31 Å². The smallest absolute Gasteiger partial charge is 0.399 e. The van der Waals surface area contributed by atoms with Crippen molar-refractivity contribution in [2.24, 2.45) is 0 Å². The van der Waals surface area contributed by atoms with Crippen LogP contribution in [-0.2, 0) is 19.1 Å². The van der Waals surface area contributed by atoms with Crippen molar-refractivity contribution in [3.05, 3.63) is 24.3 Å². The zero-order valence-corrected chi connectivity index (χ0v) is 13.4. The van der Waals surface area contributed by atoms with E-state index in [1.807, 2.05) is 0 Å². The van der Waals surface area contributed by atoms with Gasteiger partial charge in [-0.3, -0.25) is 0 Å². The summed E-state index contributed by atoms with van der Waals surface area (Å²) in [5.41, 5.74) is -6.46. The van der Waals surface area contributed by atoms with Gasteiger partial charge in [-0.15, -0.1) is 0 Å². The van der Waals surface area contributed by atoms with Gasteiger partial charge >= 0.3 is 12.6 Å². The summed E-state index contributed by atoms with van der Waals surface area (Å²) >= 11 is 0. The second-order valence-corrected chi connectivity index (χ2v) is 8.05. The van der Waals surface area contributed by atoms with Gasteiger partial charge < -0.3 is 9.31 Å². The topological polar surface area (TPSA) is 52.6 Å². The standard InChI is InChI=1S/C13H16BF3O4S/c1-11(2)12(3,4)21-14(20-11)9-6-5-7-10(8-9)22(18,19)13(15,16)17/h5-8H,1-4H3. The zero-order valence-electron chi connectivity index (χ0n) is 12.6. The van der Waals surface area contributed by atoms with Crippen LogP contribution >= 0.6 is 0 Å². The van der Waals surface area contributed by atoms with Crippen molar-refractivity contribution in [1.82, 2.24) is 0 Å². The van der Waals surface area contributed by atoms with Crippen LogP contribution in [0, 0.1) is 0 Å². The number of benzene rings is 1. The van der Waals surface area contributed by atoms with Gasteiger partial charge in [0.1, 0.15) is 0 Å². The fraction of sp³-hybridized carbons (Fsp3) is 0.538. The van der Waals surface area contributed by atoms with Crippen molar-refractivity contribution in [2.75, 3.05) is 0 Å². The molecule has 1 aliphatic rings. The maximum atomic E-state index is 12.6. The van der Waals surface area contributed by atoms with Gasteiger partial charge in [0.05, 0.1) is 16.1 Å². The highest BCUT2D eigenvalue weighted by Gasteiger charge is 2.52. The molecule has 22 heavy (non-hydrogen) atoms. The molecule has 0 unspecified atom stereocenters. The summed E-state index contributed by atoms with van der Waals surface area (Å²) in [6.07, 6.45) is 0. The van der Waals surface area contributed by atoms with Crippen LogP contribution < -0.4 is 5.46 Å². The van der Waals surface area contributed by atoms with Crippen molar-refractivity contribution in [2.45, 2.75) is 49.3 Å². The Morgan fingerprint density at radius 1 is 1.05 bits per heavy atom. The van der Waals surface area contributed by atoms with Crippen molar-refractivity contribution in [3.63, 3.8) is 0 Å². The Morgan fingerprint density at radius 2 is 1.55 bits per heavy atom. The van der Waals surface area contributed by atoms with Crippen LogP contribution in [0.2, 0.25) is 0 Å². The molecular formula is C13H16BF3O4S. The predicted octanol–water partition coefficient (Wildman–Crippen LogP) is 2.28. The summed E-state index contributed by atoms with van der Waals surface area (Å²) in [6, 6.07) is 4.54. The van der Waals surface area contributed by atoms with Gasteiger partial charge in [-0.2, -0.15) is 13.2 Å². The highest BCUT2D eigenvalue weighted by atomic mass is 32.2. The number of hydrogen-bond donors (Lipinski definition) is 0. The predicted molar refractivity (Wildman–Crippen MR) is 75.4 cm³/mol. The third kappa shape index (κ3) is 2.77. The SMILES string of the molecule is CC1(C)OB(c2cccc(S(=O)(=O)C(F)(F)F)c2)OC1(C)C. The van der Waals surface area contributed by atoms with Gasteiger partial charge in [-0.1, -0.05) is 12.1 Å². The minimum absolute atomic E-state index is 0.226. The van der Waals surface area contributed by atoms with Crippen LogP contribution in [-0.4, -0.2) is 32.2 Å². The van der Waals surface area contributed by atoms with Crippen molar-refractivity contribution in [3.8, 4) is 0 Å².